The third-order valence-corrected chi connectivity index (χ3v) is 4.54. The zero-order chi connectivity index (χ0) is 15.6. The van der Waals surface area contributed by atoms with Crippen molar-refractivity contribution in [3.05, 3.63) is 60.2 Å². The second kappa shape index (κ2) is 5.93. The van der Waals surface area contributed by atoms with Crippen molar-refractivity contribution in [3.63, 3.8) is 0 Å². The number of benzene rings is 2. The van der Waals surface area contributed by atoms with Crippen LogP contribution in [-0.2, 0) is 11.3 Å². The van der Waals surface area contributed by atoms with E-state index in [0.717, 1.165) is 19.5 Å². The van der Waals surface area contributed by atoms with Gasteiger partial charge in [-0.05, 0) is 36.6 Å². The molecular formula is C19H21NO2. The molecule has 1 aliphatic rings. The predicted molar refractivity (Wildman–Crippen MR) is 87.5 cm³/mol. The van der Waals surface area contributed by atoms with Crippen molar-refractivity contribution in [3.8, 4) is 11.1 Å². The van der Waals surface area contributed by atoms with E-state index in [4.69, 9.17) is 0 Å². The monoisotopic (exact) mass is 295 g/mol. The van der Waals surface area contributed by atoms with Gasteiger partial charge in [-0.2, -0.15) is 0 Å². The van der Waals surface area contributed by atoms with Gasteiger partial charge in [0, 0.05) is 13.1 Å². The summed E-state index contributed by atoms with van der Waals surface area (Å²) in [6.07, 6.45) is 0.727. The van der Waals surface area contributed by atoms with Crippen molar-refractivity contribution >= 4 is 5.97 Å². The Morgan fingerprint density at radius 3 is 2.32 bits per heavy atom. The SMILES string of the molecule is CC1(C(=O)O)CCN(Cc2ccc(-c3ccccc3)cc2)C1. The molecule has 1 unspecified atom stereocenters. The average Bonchev–Trinajstić information content (AvgIpc) is 2.92. The van der Waals surface area contributed by atoms with Crippen LogP contribution in [0, 0.1) is 5.41 Å². The summed E-state index contributed by atoms with van der Waals surface area (Å²) in [7, 11) is 0. The molecule has 3 nitrogen and oxygen atoms in total. The van der Waals surface area contributed by atoms with E-state index < -0.39 is 11.4 Å². The molecule has 0 aromatic heterocycles. The average molecular weight is 295 g/mol. The summed E-state index contributed by atoms with van der Waals surface area (Å²) in [4.78, 5) is 13.5. The Kier molecular flexibility index (Phi) is 3.99. The number of carbonyl (C=O) groups is 1. The van der Waals surface area contributed by atoms with Crippen LogP contribution in [-0.4, -0.2) is 29.1 Å². The lowest BCUT2D eigenvalue weighted by Gasteiger charge is -2.20. The first kappa shape index (κ1) is 14.8. The highest BCUT2D eigenvalue weighted by molar-refractivity contribution is 5.74. The summed E-state index contributed by atoms with van der Waals surface area (Å²) in [5, 5.41) is 9.29. The van der Waals surface area contributed by atoms with Crippen molar-refractivity contribution < 1.29 is 9.90 Å². The highest BCUT2D eigenvalue weighted by atomic mass is 16.4. The van der Waals surface area contributed by atoms with Crippen molar-refractivity contribution in [1.29, 1.82) is 0 Å². The molecule has 3 rings (SSSR count). The number of rotatable bonds is 4. The van der Waals surface area contributed by atoms with Gasteiger partial charge in [0.1, 0.15) is 0 Å². The number of carboxylic acid groups (broad SMARTS) is 1. The Morgan fingerprint density at radius 2 is 1.73 bits per heavy atom. The highest BCUT2D eigenvalue weighted by Crippen LogP contribution is 2.31. The molecule has 3 heteroatoms. The number of hydrogen-bond acceptors (Lipinski definition) is 2. The zero-order valence-electron chi connectivity index (χ0n) is 12.8. The van der Waals surface area contributed by atoms with E-state index in [1.807, 2.05) is 25.1 Å². The van der Waals surface area contributed by atoms with E-state index >= 15 is 0 Å². The number of carboxylic acids is 1. The molecule has 2 aromatic carbocycles. The Balaban J connectivity index is 1.66. The quantitative estimate of drug-likeness (QED) is 0.936. The Morgan fingerprint density at radius 1 is 1.09 bits per heavy atom. The first-order valence-electron chi connectivity index (χ1n) is 7.67. The maximum absolute atomic E-state index is 11.3. The van der Waals surface area contributed by atoms with Crippen LogP contribution in [0.2, 0.25) is 0 Å². The van der Waals surface area contributed by atoms with Gasteiger partial charge in [-0.25, -0.2) is 0 Å². The zero-order valence-corrected chi connectivity index (χ0v) is 12.8. The van der Waals surface area contributed by atoms with Crippen molar-refractivity contribution in [1.82, 2.24) is 4.90 Å². The summed E-state index contributed by atoms with van der Waals surface area (Å²) >= 11 is 0. The fourth-order valence-electron chi connectivity index (χ4n) is 3.06. The third-order valence-electron chi connectivity index (χ3n) is 4.54. The predicted octanol–water partition coefficient (Wildman–Crippen LogP) is 3.65. The number of aliphatic carboxylic acids is 1. The topological polar surface area (TPSA) is 40.5 Å². The van der Waals surface area contributed by atoms with Gasteiger partial charge in [-0.1, -0.05) is 54.6 Å². The van der Waals surface area contributed by atoms with Gasteiger partial charge in [0.25, 0.3) is 0 Å². The molecule has 114 valence electrons. The summed E-state index contributed by atoms with van der Waals surface area (Å²) < 4.78 is 0. The molecule has 1 N–H and O–H groups in total. The van der Waals surface area contributed by atoms with E-state index in [1.165, 1.54) is 16.7 Å². The minimum atomic E-state index is -0.686. The van der Waals surface area contributed by atoms with Gasteiger partial charge < -0.3 is 5.11 Å². The van der Waals surface area contributed by atoms with Crippen LogP contribution >= 0.6 is 0 Å². The molecule has 1 atom stereocenters. The normalized spacial score (nSPS) is 21.9. The molecule has 0 radical (unpaired) electrons. The molecule has 1 fully saturated rings. The molecule has 1 aliphatic heterocycles. The number of hydrogen-bond donors (Lipinski definition) is 1. The molecule has 22 heavy (non-hydrogen) atoms. The second-order valence-corrected chi connectivity index (χ2v) is 6.39. The van der Waals surface area contributed by atoms with E-state index in [0.29, 0.717) is 6.54 Å². The molecule has 0 bridgehead atoms. The Labute approximate surface area is 131 Å². The number of nitrogens with zero attached hydrogens (tertiary/aromatic N) is 1. The Bertz CT molecular complexity index is 651. The van der Waals surface area contributed by atoms with Gasteiger partial charge in [-0.3, -0.25) is 9.69 Å². The summed E-state index contributed by atoms with van der Waals surface area (Å²) in [5.74, 6) is -0.686. The third kappa shape index (κ3) is 3.04. The van der Waals surface area contributed by atoms with Gasteiger partial charge in [0.15, 0.2) is 0 Å². The lowest BCUT2D eigenvalue weighted by atomic mass is 9.90. The fraction of sp³-hybridized carbons (Fsp3) is 0.316. The standard InChI is InChI=1S/C19H21NO2/c1-19(18(21)22)11-12-20(14-19)13-15-7-9-17(10-8-15)16-5-3-2-4-6-16/h2-10H,11-14H2,1H3,(H,21,22). The van der Waals surface area contributed by atoms with Gasteiger partial charge in [0.2, 0.25) is 0 Å². The molecular weight excluding hydrogens is 274 g/mol. The van der Waals surface area contributed by atoms with Crippen molar-refractivity contribution in [2.75, 3.05) is 13.1 Å². The van der Waals surface area contributed by atoms with Crippen LogP contribution in [0.3, 0.4) is 0 Å². The summed E-state index contributed by atoms with van der Waals surface area (Å²) in [6.45, 7) is 4.14. The van der Waals surface area contributed by atoms with E-state index in [9.17, 15) is 9.90 Å². The first-order chi connectivity index (χ1) is 10.6. The summed E-state index contributed by atoms with van der Waals surface area (Å²) in [6, 6.07) is 18.9. The van der Waals surface area contributed by atoms with Crippen LogP contribution in [0.15, 0.2) is 54.6 Å². The van der Waals surface area contributed by atoms with Crippen LogP contribution in [0.25, 0.3) is 11.1 Å². The van der Waals surface area contributed by atoms with Crippen molar-refractivity contribution in [2.24, 2.45) is 5.41 Å². The highest BCUT2D eigenvalue weighted by Gasteiger charge is 2.40. The van der Waals surface area contributed by atoms with Crippen LogP contribution in [0.1, 0.15) is 18.9 Å². The van der Waals surface area contributed by atoms with E-state index in [1.54, 1.807) is 0 Å². The minimum absolute atomic E-state index is 0.593. The molecule has 0 spiro atoms. The fourth-order valence-corrected chi connectivity index (χ4v) is 3.06. The molecule has 0 aliphatic carbocycles. The summed E-state index contributed by atoms with van der Waals surface area (Å²) in [5.41, 5.74) is 3.06. The Hall–Kier alpha value is -2.13. The minimum Gasteiger partial charge on any atom is -0.481 e. The molecule has 2 aromatic rings. The van der Waals surface area contributed by atoms with Gasteiger partial charge >= 0.3 is 5.97 Å². The molecule has 0 saturated carbocycles. The van der Waals surface area contributed by atoms with Crippen LogP contribution in [0.5, 0.6) is 0 Å². The van der Waals surface area contributed by atoms with E-state index in [2.05, 4.69) is 41.3 Å². The molecule has 1 heterocycles. The van der Waals surface area contributed by atoms with Gasteiger partial charge in [-0.15, -0.1) is 0 Å². The lowest BCUT2D eigenvalue weighted by Crippen LogP contribution is -2.31. The largest absolute Gasteiger partial charge is 0.481 e. The van der Waals surface area contributed by atoms with Gasteiger partial charge in [0.05, 0.1) is 5.41 Å². The maximum Gasteiger partial charge on any atom is 0.310 e. The lowest BCUT2D eigenvalue weighted by molar-refractivity contribution is -0.147. The first-order valence-corrected chi connectivity index (χ1v) is 7.67. The van der Waals surface area contributed by atoms with Crippen molar-refractivity contribution in [2.45, 2.75) is 19.9 Å². The van der Waals surface area contributed by atoms with Crippen LogP contribution in [0.4, 0.5) is 0 Å². The smallest absolute Gasteiger partial charge is 0.310 e. The maximum atomic E-state index is 11.3. The molecule has 0 amide bonds. The van der Waals surface area contributed by atoms with Crippen LogP contribution < -0.4 is 0 Å². The van der Waals surface area contributed by atoms with E-state index in [-0.39, 0.29) is 0 Å². The number of likely N-dealkylation sites (tertiary alicyclic amines) is 1. The molecule has 1 saturated heterocycles. The second-order valence-electron chi connectivity index (χ2n) is 6.39.